The number of hydrogen-bond donors (Lipinski definition) is 3. The van der Waals surface area contributed by atoms with Gasteiger partial charge in [-0.2, -0.15) is 0 Å². The Labute approximate surface area is 259 Å². The Bertz CT molecular complexity index is 1510. The zero-order valence-corrected chi connectivity index (χ0v) is 25.0. The van der Waals surface area contributed by atoms with Crippen molar-refractivity contribution in [3.05, 3.63) is 114 Å². The molecule has 1 aliphatic heterocycles. The van der Waals surface area contributed by atoms with E-state index >= 15 is 0 Å². The van der Waals surface area contributed by atoms with Crippen LogP contribution in [0.25, 0.3) is 10.9 Å². The quantitative estimate of drug-likeness (QED) is 0.151. The summed E-state index contributed by atoms with van der Waals surface area (Å²) >= 11 is 0. The molecule has 8 heteroatoms. The lowest BCUT2D eigenvalue weighted by Gasteiger charge is -2.41. The van der Waals surface area contributed by atoms with Gasteiger partial charge < -0.3 is 20.9 Å². The molecule has 0 bridgehead atoms. The van der Waals surface area contributed by atoms with Crippen LogP contribution < -0.4 is 16.0 Å². The molecule has 44 heavy (non-hydrogen) atoms. The molecular formula is C36H41N5O3. The van der Waals surface area contributed by atoms with E-state index in [1.807, 2.05) is 77.8 Å². The van der Waals surface area contributed by atoms with Crippen LogP contribution in [-0.2, 0) is 33.8 Å². The molecule has 8 nitrogen and oxygen atoms in total. The van der Waals surface area contributed by atoms with Gasteiger partial charge in [-0.3, -0.25) is 19.4 Å². The lowest BCUT2D eigenvalue weighted by Crippen LogP contribution is -2.57. The summed E-state index contributed by atoms with van der Waals surface area (Å²) in [5, 5.41) is 10.5. The predicted molar refractivity (Wildman–Crippen MR) is 173 cm³/mol. The fraction of sp³-hybridized carbons (Fsp3) is 0.333. The first-order valence-electron chi connectivity index (χ1n) is 15.5. The molecule has 1 fully saturated rings. The summed E-state index contributed by atoms with van der Waals surface area (Å²) in [5.41, 5.74) is 4.38. The summed E-state index contributed by atoms with van der Waals surface area (Å²) in [6.45, 7) is 1.75. The van der Waals surface area contributed by atoms with Gasteiger partial charge in [0.05, 0.1) is 5.52 Å². The highest BCUT2D eigenvalue weighted by atomic mass is 16.2. The van der Waals surface area contributed by atoms with Gasteiger partial charge in [-0.1, -0.05) is 78.9 Å². The number of para-hydroxylation sites is 1. The molecule has 1 aliphatic rings. The number of benzene rings is 3. The molecule has 1 saturated heterocycles. The smallest absolute Gasteiger partial charge is 0.245 e. The third-order valence-corrected chi connectivity index (χ3v) is 8.36. The molecule has 3 atom stereocenters. The van der Waals surface area contributed by atoms with Gasteiger partial charge in [0.1, 0.15) is 6.04 Å². The van der Waals surface area contributed by atoms with Gasteiger partial charge in [0.25, 0.3) is 0 Å². The highest BCUT2D eigenvalue weighted by molar-refractivity contribution is 5.88. The minimum atomic E-state index is -0.671. The molecule has 2 heterocycles. The first-order valence-corrected chi connectivity index (χ1v) is 15.5. The number of aromatic nitrogens is 1. The molecule has 3 aromatic carbocycles. The van der Waals surface area contributed by atoms with Crippen LogP contribution in [0.2, 0.25) is 0 Å². The lowest BCUT2D eigenvalue weighted by atomic mass is 9.90. The maximum absolute atomic E-state index is 14.3. The second-order valence-corrected chi connectivity index (χ2v) is 11.4. The summed E-state index contributed by atoms with van der Waals surface area (Å²) in [6.07, 6.45) is 6.04. The van der Waals surface area contributed by atoms with E-state index < -0.39 is 6.04 Å². The van der Waals surface area contributed by atoms with Gasteiger partial charge in [-0.05, 0) is 54.5 Å². The fourth-order valence-electron chi connectivity index (χ4n) is 6.10. The Morgan fingerprint density at radius 3 is 2.43 bits per heavy atom. The van der Waals surface area contributed by atoms with E-state index in [1.54, 1.807) is 0 Å². The molecule has 0 radical (unpaired) electrons. The summed E-state index contributed by atoms with van der Waals surface area (Å²) < 4.78 is 0. The first kappa shape index (κ1) is 30.9. The SMILES string of the molecule is O=CNCCCC(=O)N[C@@H](Cc1ccccc1)C(=O)N1CC[C@H](NCc2ccnc3ccccc23)C[C@H]1Cc1ccccc1. The number of carbonyl (C=O) groups excluding carboxylic acids is 3. The van der Waals surface area contributed by atoms with Crippen molar-refractivity contribution in [1.29, 1.82) is 0 Å². The van der Waals surface area contributed by atoms with E-state index in [0.717, 1.165) is 42.3 Å². The van der Waals surface area contributed by atoms with Crippen molar-refractivity contribution < 1.29 is 14.4 Å². The third-order valence-electron chi connectivity index (χ3n) is 8.36. The largest absolute Gasteiger partial charge is 0.359 e. The number of rotatable bonds is 14. The van der Waals surface area contributed by atoms with Gasteiger partial charge in [0, 0.05) is 56.1 Å². The minimum absolute atomic E-state index is 0.0164. The van der Waals surface area contributed by atoms with Crippen molar-refractivity contribution in [2.24, 2.45) is 0 Å². The average molecular weight is 592 g/mol. The second kappa shape index (κ2) is 15.8. The number of hydrogen-bond acceptors (Lipinski definition) is 5. The molecular weight excluding hydrogens is 550 g/mol. The van der Waals surface area contributed by atoms with Crippen molar-refractivity contribution in [2.75, 3.05) is 13.1 Å². The molecule has 0 spiro atoms. The van der Waals surface area contributed by atoms with Crippen molar-refractivity contribution >= 4 is 29.1 Å². The highest BCUT2D eigenvalue weighted by Gasteiger charge is 2.35. The van der Waals surface area contributed by atoms with E-state index in [2.05, 4.69) is 45.2 Å². The normalized spacial score (nSPS) is 17.1. The predicted octanol–water partition coefficient (Wildman–Crippen LogP) is 4.18. The Morgan fingerprint density at radius 2 is 1.66 bits per heavy atom. The van der Waals surface area contributed by atoms with E-state index in [-0.39, 0.29) is 30.3 Å². The standard InChI is InChI=1S/C36H41N5O3/c42-26-37-19-9-16-35(43)40-34(23-28-12-5-2-6-13-28)36(44)41-21-18-30(24-31(41)22-27-10-3-1-4-11-27)39-25-29-17-20-38-33-15-8-7-14-32(29)33/h1-8,10-15,17,20,26,30-31,34,39H,9,16,18-19,21-25H2,(H,37,42)(H,40,43)/t30-,31+,34-/m0/s1. The minimum Gasteiger partial charge on any atom is -0.359 e. The number of nitrogens with zero attached hydrogens (tertiary/aromatic N) is 2. The number of nitrogens with one attached hydrogen (secondary N) is 3. The van der Waals surface area contributed by atoms with Crippen LogP contribution >= 0.6 is 0 Å². The van der Waals surface area contributed by atoms with Gasteiger partial charge in [-0.15, -0.1) is 0 Å². The van der Waals surface area contributed by atoms with E-state index in [0.29, 0.717) is 32.3 Å². The Kier molecular flexibility index (Phi) is 11.1. The number of piperidine rings is 1. The molecule has 0 unspecified atom stereocenters. The number of pyridine rings is 1. The van der Waals surface area contributed by atoms with Crippen LogP contribution in [0.3, 0.4) is 0 Å². The zero-order chi connectivity index (χ0) is 30.6. The molecule has 4 aromatic rings. The molecule has 0 aliphatic carbocycles. The van der Waals surface area contributed by atoms with Crippen LogP contribution in [0, 0.1) is 0 Å². The van der Waals surface area contributed by atoms with Crippen molar-refractivity contribution in [3.63, 3.8) is 0 Å². The fourth-order valence-corrected chi connectivity index (χ4v) is 6.10. The molecule has 1 aromatic heterocycles. The average Bonchev–Trinajstić information content (AvgIpc) is 3.06. The van der Waals surface area contributed by atoms with Crippen LogP contribution in [0.5, 0.6) is 0 Å². The zero-order valence-electron chi connectivity index (χ0n) is 25.0. The van der Waals surface area contributed by atoms with E-state index in [4.69, 9.17) is 0 Å². The van der Waals surface area contributed by atoms with Crippen LogP contribution in [0.1, 0.15) is 42.4 Å². The Balaban J connectivity index is 1.31. The third kappa shape index (κ3) is 8.51. The molecule has 3 N–H and O–H groups in total. The number of fused-ring (bicyclic) bond motifs is 1. The van der Waals surface area contributed by atoms with Crippen molar-refractivity contribution in [1.82, 2.24) is 25.8 Å². The van der Waals surface area contributed by atoms with Crippen LogP contribution in [0.4, 0.5) is 0 Å². The molecule has 3 amide bonds. The Morgan fingerprint density at radius 1 is 0.932 bits per heavy atom. The Hall–Kier alpha value is -4.56. The van der Waals surface area contributed by atoms with Crippen molar-refractivity contribution in [3.8, 4) is 0 Å². The first-order chi connectivity index (χ1) is 21.6. The second-order valence-electron chi connectivity index (χ2n) is 11.4. The van der Waals surface area contributed by atoms with Crippen LogP contribution in [0.15, 0.2) is 97.2 Å². The highest BCUT2D eigenvalue weighted by Crippen LogP contribution is 2.24. The maximum atomic E-state index is 14.3. The van der Waals surface area contributed by atoms with Gasteiger partial charge >= 0.3 is 0 Å². The summed E-state index contributed by atoms with van der Waals surface area (Å²) in [7, 11) is 0. The van der Waals surface area contributed by atoms with E-state index in [9.17, 15) is 14.4 Å². The van der Waals surface area contributed by atoms with Crippen LogP contribution in [-0.4, -0.2) is 59.3 Å². The maximum Gasteiger partial charge on any atom is 0.245 e. The lowest BCUT2D eigenvalue weighted by molar-refractivity contribution is -0.140. The topological polar surface area (TPSA) is 103 Å². The molecule has 228 valence electrons. The monoisotopic (exact) mass is 591 g/mol. The molecule has 0 saturated carbocycles. The summed E-state index contributed by atoms with van der Waals surface area (Å²) in [6, 6.07) is 29.9. The van der Waals surface area contributed by atoms with Gasteiger partial charge in [0.15, 0.2) is 0 Å². The summed E-state index contributed by atoms with van der Waals surface area (Å²) in [4.78, 5) is 44.3. The van der Waals surface area contributed by atoms with Gasteiger partial charge in [0.2, 0.25) is 18.2 Å². The molecule has 5 rings (SSSR count). The number of carbonyl (C=O) groups is 3. The number of amides is 3. The van der Waals surface area contributed by atoms with Crippen molar-refractivity contribution in [2.45, 2.75) is 63.2 Å². The van der Waals surface area contributed by atoms with E-state index in [1.165, 1.54) is 11.1 Å². The summed E-state index contributed by atoms with van der Waals surface area (Å²) in [5.74, 6) is -0.236. The number of likely N-dealkylation sites (tertiary alicyclic amines) is 1. The van der Waals surface area contributed by atoms with Gasteiger partial charge in [-0.25, -0.2) is 0 Å².